The quantitative estimate of drug-likeness (QED) is 0.763. The number of carbonyl (C=O) groups excluding carboxylic acids is 1. The molecule has 15 heavy (non-hydrogen) atoms. The van der Waals surface area contributed by atoms with E-state index in [0.29, 0.717) is 23.6 Å². The van der Waals surface area contributed by atoms with Crippen LogP contribution in [0.25, 0.3) is 0 Å². The molecule has 82 valence electrons. The van der Waals surface area contributed by atoms with Gasteiger partial charge in [0.25, 0.3) is 5.91 Å². The van der Waals surface area contributed by atoms with Crippen LogP contribution in [0, 0.1) is 0 Å². The molecule has 0 atom stereocenters. The molecule has 0 aliphatic heterocycles. The molecular weight excluding hydrogens is 192 g/mol. The number of ether oxygens (including phenoxy) is 1. The second-order valence-electron chi connectivity index (χ2n) is 3.39. The van der Waals surface area contributed by atoms with Gasteiger partial charge in [0.1, 0.15) is 5.75 Å². The highest BCUT2D eigenvalue weighted by Crippen LogP contribution is 2.22. The second kappa shape index (κ2) is 4.68. The molecule has 0 aliphatic carbocycles. The SMILES string of the molecule is CCOc1ccc(C(=O)N(C)C)cc1N. The van der Waals surface area contributed by atoms with Crippen LogP contribution in [0.15, 0.2) is 18.2 Å². The Labute approximate surface area is 89.6 Å². The monoisotopic (exact) mass is 208 g/mol. The van der Waals surface area contributed by atoms with Gasteiger partial charge in [-0.05, 0) is 25.1 Å². The number of hydrogen-bond donors (Lipinski definition) is 1. The molecule has 1 aromatic carbocycles. The van der Waals surface area contributed by atoms with Gasteiger partial charge < -0.3 is 15.4 Å². The van der Waals surface area contributed by atoms with E-state index in [9.17, 15) is 4.79 Å². The van der Waals surface area contributed by atoms with Gasteiger partial charge in [0.15, 0.2) is 0 Å². The van der Waals surface area contributed by atoms with Crippen molar-refractivity contribution in [1.82, 2.24) is 4.90 Å². The van der Waals surface area contributed by atoms with Crippen molar-refractivity contribution in [3.63, 3.8) is 0 Å². The maximum absolute atomic E-state index is 11.6. The standard InChI is InChI=1S/C11H16N2O2/c1-4-15-10-6-5-8(7-9(10)12)11(14)13(2)3/h5-7H,4,12H2,1-3H3. The first-order valence-electron chi connectivity index (χ1n) is 4.80. The van der Waals surface area contributed by atoms with Crippen molar-refractivity contribution in [2.75, 3.05) is 26.4 Å². The van der Waals surface area contributed by atoms with Crippen LogP contribution >= 0.6 is 0 Å². The maximum Gasteiger partial charge on any atom is 0.253 e. The molecule has 0 saturated heterocycles. The number of amides is 1. The predicted octanol–water partition coefficient (Wildman–Crippen LogP) is 1.37. The smallest absolute Gasteiger partial charge is 0.253 e. The molecule has 0 unspecified atom stereocenters. The first kappa shape index (κ1) is 11.4. The summed E-state index contributed by atoms with van der Waals surface area (Å²) in [6.45, 7) is 2.45. The molecule has 0 saturated carbocycles. The Bertz CT molecular complexity index is 362. The van der Waals surface area contributed by atoms with E-state index in [0.717, 1.165) is 0 Å². The molecule has 1 aromatic rings. The third-order valence-corrected chi connectivity index (χ3v) is 1.96. The summed E-state index contributed by atoms with van der Waals surface area (Å²) in [5.74, 6) is 0.553. The molecule has 2 N–H and O–H groups in total. The van der Waals surface area contributed by atoms with Gasteiger partial charge in [-0.2, -0.15) is 0 Å². The molecule has 0 aliphatic rings. The summed E-state index contributed by atoms with van der Waals surface area (Å²) in [5.41, 5.74) is 6.81. The second-order valence-corrected chi connectivity index (χ2v) is 3.39. The molecule has 4 nitrogen and oxygen atoms in total. The number of rotatable bonds is 3. The van der Waals surface area contributed by atoms with Crippen molar-refractivity contribution in [1.29, 1.82) is 0 Å². The van der Waals surface area contributed by atoms with Crippen LogP contribution in [0.5, 0.6) is 5.75 Å². The van der Waals surface area contributed by atoms with Crippen molar-refractivity contribution in [2.45, 2.75) is 6.92 Å². The number of nitrogens with two attached hydrogens (primary N) is 1. The summed E-state index contributed by atoms with van der Waals surface area (Å²) in [5, 5.41) is 0. The lowest BCUT2D eigenvalue weighted by molar-refractivity contribution is 0.0827. The van der Waals surface area contributed by atoms with Gasteiger partial charge in [0.2, 0.25) is 0 Å². The fourth-order valence-corrected chi connectivity index (χ4v) is 1.23. The van der Waals surface area contributed by atoms with E-state index in [2.05, 4.69) is 0 Å². The van der Waals surface area contributed by atoms with E-state index in [-0.39, 0.29) is 5.91 Å². The van der Waals surface area contributed by atoms with Gasteiger partial charge in [-0.1, -0.05) is 0 Å². The Morgan fingerprint density at radius 3 is 2.60 bits per heavy atom. The molecule has 0 fully saturated rings. The van der Waals surface area contributed by atoms with Crippen LogP contribution in [0.1, 0.15) is 17.3 Å². The lowest BCUT2D eigenvalue weighted by atomic mass is 10.1. The minimum absolute atomic E-state index is 0.0650. The largest absolute Gasteiger partial charge is 0.492 e. The highest BCUT2D eigenvalue weighted by atomic mass is 16.5. The van der Waals surface area contributed by atoms with Crippen molar-refractivity contribution >= 4 is 11.6 Å². The van der Waals surface area contributed by atoms with Crippen LogP contribution in [0.2, 0.25) is 0 Å². The van der Waals surface area contributed by atoms with Crippen LogP contribution in [0.3, 0.4) is 0 Å². The van der Waals surface area contributed by atoms with Gasteiger partial charge in [-0.15, -0.1) is 0 Å². The minimum Gasteiger partial charge on any atom is -0.492 e. The van der Waals surface area contributed by atoms with E-state index in [4.69, 9.17) is 10.5 Å². The van der Waals surface area contributed by atoms with Crippen LogP contribution < -0.4 is 10.5 Å². The minimum atomic E-state index is -0.0650. The molecule has 4 heteroatoms. The van der Waals surface area contributed by atoms with Crippen molar-refractivity contribution < 1.29 is 9.53 Å². The number of anilines is 1. The average molecular weight is 208 g/mol. The Balaban J connectivity index is 2.96. The lowest BCUT2D eigenvalue weighted by Gasteiger charge is -2.12. The Morgan fingerprint density at radius 1 is 1.47 bits per heavy atom. The topological polar surface area (TPSA) is 55.6 Å². The zero-order valence-electron chi connectivity index (χ0n) is 9.28. The zero-order valence-corrected chi connectivity index (χ0v) is 9.28. The van der Waals surface area contributed by atoms with Gasteiger partial charge in [0.05, 0.1) is 12.3 Å². The van der Waals surface area contributed by atoms with Crippen LogP contribution in [-0.4, -0.2) is 31.5 Å². The summed E-state index contributed by atoms with van der Waals surface area (Å²) < 4.78 is 5.28. The predicted molar refractivity (Wildman–Crippen MR) is 60.0 cm³/mol. The summed E-state index contributed by atoms with van der Waals surface area (Å²) in [4.78, 5) is 13.1. The highest BCUT2D eigenvalue weighted by molar-refractivity contribution is 5.95. The average Bonchev–Trinajstić information content (AvgIpc) is 2.20. The molecule has 1 rings (SSSR count). The molecule has 0 radical (unpaired) electrons. The van der Waals surface area contributed by atoms with Crippen LogP contribution in [0.4, 0.5) is 5.69 Å². The maximum atomic E-state index is 11.6. The molecule has 0 heterocycles. The van der Waals surface area contributed by atoms with Crippen molar-refractivity contribution in [3.05, 3.63) is 23.8 Å². The zero-order chi connectivity index (χ0) is 11.4. The molecule has 0 bridgehead atoms. The molecule has 0 spiro atoms. The van der Waals surface area contributed by atoms with E-state index >= 15 is 0 Å². The number of nitrogens with zero attached hydrogens (tertiary/aromatic N) is 1. The summed E-state index contributed by atoms with van der Waals surface area (Å²) in [7, 11) is 3.41. The van der Waals surface area contributed by atoms with Gasteiger partial charge >= 0.3 is 0 Å². The third-order valence-electron chi connectivity index (χ3n) is 1.96. The van der Waals surface area contributed by atoms with Crippen molar-refractivity contribution in [2.24, 2.45) is 0 Å². The van der Waals surface area contributed by atoms with Crippen LogP contribution in [-0.2, 0) is 0 Å². The number of hydrogen-bond acceptors (Lipinski definition) is 3. The molecule has 0 aromatic heterocycles. The fourth-order valence-electron chi connectivity index (χ4n) is 1.23. The first-order valence-corrected chi connectivity index (χ1v) is 4.80. The summed E-state index contributed by atoms with van der Waals surface area (Å²) in [6, 6.07) is 5.06. The Morgan fingerprint density at radius 2 is 2.13 bits per heavy atom. The van der Waals surface area contributed by atoms with E-state index in [1.165, 1.54) is 4.90 Å². The summed E-state index contributed by atoms with van der Waals surface area (Å²) in [6.07, 6.45) is 0. The Kier molecular flexibility index (Phi) is 3.55. The van der Waals surface area contributed by atoms with Gasteiger partial charge in [-0.25, -0.2) is 0 Å². The van der Waals surface area contributed by atoms with E-state index in [1.54, 1.807) is 32.3 Å². The molecule has 1 amide bonds. The normalized spacial score (nSPS) is 9.80. The van der Waals surface area contributed by atoms with E-state index < -0.39 is 0 Å². The lowest BCUT2D eigenvalue weighted by Crippen LogP contribution is -2.21. The number of benzene rings is 1. The van der Waals surface area contributed by atoms with Crippen molar-refractivity contribution in [3.8, 4) is 5.75 Å². The van der Waals surface area contributed by atoms with E-state index in [1.807, 2.05) is 6.92 Å². The molecular formula is C11H16N2O2. The highest BCUT2D eigenvalue weighted by Gasteiger charge is 2.09. The number of carbonyl (C=O) groups is 1. The van der Waals surface area contributed by atoms with Gasteiger partial charge in [0, 0.05) is 19.7 Å². The van der Waals surface area contributed by atoms with Gasteiger partial charge in [-0.3, -0.25) is 4.79 Å². The summed E-state index contributed by atoms with van der Waals surface area (Å²) >= 11 is 0. The first-order chi connectivity index (χ1) is 7.06. The Hall–Kier alpha value is -1.71. The fraction of sp³-hybridized carbons (Fsp3) is 0.364. The third kappa shape index (κ3) is 2.62. The number of nitrogen functional groups attached to an aromatic ring is 1.